The highest BCUT2D eigenvalue weighted by Gasteiger charge is 2.53. The summed E-state index contributed by atoms with van der Waals surface area (Å²) in [5, 5.41) is 20.7. The van der Waals surface area contributed by atoms with Gasteiger partial charge in [0.25, 0.3) is 0 Å². The molecule has 7 heteroatoms. The molecular weight excluding hydrogens is 513 g/mol. The lowest BCUT2D eigenvalue weighted by Crippen LogP contribution is -2.50. The fourth-order valence-corrected chi connectivity index (χ4v) is 7.09. The average Bonchev–Trinajstić information content (AvgIpc) is 2.99. The zero-order chi connectivity index (χ0) is 28.5. The summed E-state index contributed by atoms with van der Waals surface area (Å²) in [5.41, 5.74) is 6.17. The lowest BCUT2D eigenvalue weighted by Gasteiger charge is -2.47. The van der Waals surface area contributed by atoms with Crippen molar-refractivity contribution in [1.29, 1.82) is 0 Å². The number of hydrogen-bond acceptors (Lipinski definition) is 6. The summed E-state index contributed by atoms with van der Waals surface area (Å²) in [6.07, 6.45) is 7.36. The molecule has 1 aromatic heterocycles. The van der Waals surface area contributed by atoms with E-state index in [1.165, 1.54) is 5.57 Å². The van der Waals surface area contributed by atoms with Crippen LogP contribution in [0.5, 0.6) is 5.75 Å². The van der Waals surface area contributed by atoms with Gasteiger partial charge >= 0.3 is 7.12 Å². The third kappa shape index (κ3) is 5.32. The van der Waals surface area contributed by atoms with Gasteiger partial charge in [-0.05, 0) is 85.0 Å². The minimum Gasteiger partial charge on any atom is -0.508 e. The summed E-state index contributed by atoms with van der Waals surface area (Å²) in [6.45, 7) is 2.13. The Hall–Kier alpha value is -3.81. The molecule has 1 saturated heterocycles. The Balaban J connectivity index is 1.35. The first-order valence-corrected chi connectivity index (χ1v) is 14.6. The lowest BCUT2D eigenvalue weighted by atomic mass is 9.54. The Labute approximate surface area is 240 Å². The normalized spacial score (nSPS) is 24.1. The van der Waals surface area contributed by atoms with Gasteiger partial charge in [0.05, 0.1) is 11.8 Å². The number of carbonyl (C=O) groups is 2. The molecule has 0 saturated carbocycles. The smallest absolute Gasteiger partial charge is 0.455 e. The molecule has 2 heterocycles. The molecule has 0 bridgehead atoms. The van der Waals surface area contributed by atoms with E-state index in [2.05, 4.69) is 18.0 Å². The fraction of sp³-hybridized carbons (Fsp3) is 0.324. The Morgan fingerprint density at radius 2 is 1.73 bits per heavy atom. The van der Waals surface area contributed by atoms with Crippen LogP contribution in [-0.4, -0.2) is 39.9 Å². The standard InChI is InChI=1S/C34H34BNO5/c1-2-7-23-19-27-32(34(39)26-9-4-3-8-25(26)33(27)38)28-20-35(40)41-30(31(23)28)16-13-22(29-10-5-6-17-36-29)18-21-11-14-24(37)15-12-21/h3-6,8-12,14-15,17-18,27-28,30,32,37,40H,2,7,13,16,19-20H2,1H3/b22-18-/t27-,28+,30-,32-/m1/s1. The van der Waals surface area contributed by atoms with Gasteiger partial charge in [-0.3, -0.25) is 14.6 Å². The lowest BCUT2D eigenvalue weighted by molar-refractivity contribution is 0.0599. The molecule has 0 radical (unpaired) electrons. The summed E-state index contributed by atoms with van der Waals surface area (Å²) in [4.78, 5) is 32.1. The van der Waals surface area contributed by atoms with E-state index in [-0.39, 0.29) is 29.3 Å². The van der Waals surface area contributed by atoms with Gasteiger partial charge in [-0.2, -0.15) is 0 Å². The second kappa shape index (κ2) is 11.6. The molecule has 3 aliphatic rings. The number of pyridine rings is 1. The number of ketones is 2. The number of phenolic OH excluding ortho intramolecular Hbond substituents is 1. The van der Waals surface area contributed by atoms with Gasteiger partial charge < -0.3 is 14.8 Å². The van der Waals surface area contributed by atoms with Gasteiger partial charge in [-0.25, -0.2) is 0 Å². The molecule has 2 N–H and O–H groups in total. The molecule has 1 fully saturated rings. The third-order valence-corrected chi connectivity index (χ3v) is 8.82. The Morgan fingerprint density at radius 1 is 1.00 bits per heavy atom. The molecule has 4 atom stereocenters. The van der Waals surface area contributed by atoms with Crippen LogP contribution in [0.3, 0.4) is 0 Å². The first kappa shape index (κ1) is 27.4. The zero-order valence-electron chi connectivity index (χ0n) is 23.2. The summed E-state index contributed by atoms with van der Waals surface area (Å²) < 4.78 is 6.22. The SMILES string of the molecule is CCCC1=C2[C@@H](CC/C(=C/c3ccc(O)cc3)c3ccccn3)OB(O)C[C@@H]2[C@@H]2C(=O)c3ccccc3C(=O)[C@@H]2C1. The molecule has 2 aliphatic carbocycles. The molecule has 41 heavy (non-hydrogen) atoms. The largest absolute Gasteiger partial charge is 0.508 e. The van der Waals surface area contributed by atoms with Crippen LogP contribution >= 0.6 is 0 Å². The molecule has 2 aromatic carbocycles. The van der Waals surface area contributed by atoms with Gasteiger partial charge in [-0.1, -0.05) is 61.4 Å². The fourth-order valence-electron chi connectivity index (χ4n) is 7.09. The van der Waals surface area contributed by atoms with Gasteiger partial charge in [0.15, 0.2) is 11.6 Å². The van der Waals surface area contributed by atoms with Crippen molar-refractivity contribution in [3.8, 4) is 5.75 Å². The van der Waals surface area contributed by atoms with E-state index < -0.39 is 19.0 Å². The van der Waals surface area contributed by atoms with Gasteiger partial charge in [-0.15, -0.1) is 0 Å². The van der Waals surface area contributed by atoms with Crippen molar-refractivity contribution in [2.24, 2.45) is 17.8 Å². The Kier molecular flexibility index (Phi) is 7.74. The van der Waals surface area contributed by atoms with Crippen LogP contribution in [0.2, 0.25) is 6.32 Å². The van der Waals surface area contributed by atoms with Crippen LogP contribution < -0.4 is 0 Å². The number of fused-ring (bicyclic) bond motifs is 4. The number of phenols is 1. The minimum absolute atomic E-state index is 0.0116. The summed E-state index contributed by atoms with van der Waals surface area (Å²) in [7, 11) is -1.00. The van der Waals surface area contributed by atoms with E-state index in [0.717, 1.165) is 35.2 Å². The van der Waals surface area contributed by atoms with Crippen LogP contribution in [0, 0.1) is 17.8 Å². The van der Waals surface area contributed by atoms with Crippen molar-refractivity contribution in [2.75, 3.05) is 0 Å². The molecular formula is C34H34BNO5. The second-order valence-electron chi connectivity index (χ2n) is 11.4. The van der Waals surface area contributed by atoms with E-state index in [9.17, 15) is 19.7 Å². The van der Waals surface area contributed by atoms with Crippen LogP contribution in [-0.2, 0) is 4.65 Å². The monoisotopic (exact) mass is 547 g/mol. The number of nitrogens with zero attached hydrogens (tertiary/aromatic N) is 1. The Bertz CT molecular complexity index is 1510. The number of rotatable bonds is 7. The predicted molar refractivity (Wildman–Crippen MR) is 159 cm³/mol. The summed E-state index contributed by atoms with van der Waals surface area (Å²) in [6, 6.07) is 20.0. The van der Waals surface area contributed by atoms with E-state index in [4.69, 9.17) is 4.65 Å². The number of hydrogen-bond donors (Lipinski definition) is 2. The minimum atomic E-state index is -1.00. The molecule has 6 rings (SSSR count). The van der Waals surface area contributed by atoms with Crippen molar-refractivity contribution in [1.82, 2.24) is 4.98 Å². The van der Waals surface area contributed by atoms with E-state index in [0.29, 0.717) is 36.7 Å². The zero-order valence-corrected chi connectivity index (χ0v) is 23.2. The predicted octanol–water partition coefficient (Wildman–Crippen LogP) is 6.42. The molecule has 0 amide bonds. The van der Waals surface area contributed by atoms with Crippen LogP contribution in [0.15, 0.2) is 84.1 Å². The van der Waals surface area contributed by atoms with E-state index in [1.54, 1.807) is 30.5 Å². The third-order valence-electron chi connectivity index (χ3n) is 8.82. The molecule has 3 aromatic rings. The number of aromatic nitrogens is 1. The van der Waals surface area contributed by atoms with Crippen molar-refractivity contribution in [3.63, 3.8) is 0 Å². The number of benzene rings is 2. The van der Waals surface area contributed by atoms with Crippen molar-refractivity contribution in [3.05, 3.63) is 106 Å². The van der Waals surface area contributed by atoms with Crippen LogP contribution in [0.4, 0.5) is 0 Å². The van der Waals surface area contributed by atoms with E-state index in [1.807, 2.05) is 42.5 Å². The first-order chi connectivity index (χ1) is 19.9. The van der Waals surface area contributed by atoms with Crippen molar-refractivity contribution >= 4 is 30.3 Å². The van der Waals surface area contributed by atoms with Gasteiger partial charge in [0.2, 0.25) is 0 Å². The van der Waals surface area contributed by atoms with Gasteiger partial charge in [0, 0.05) is 29.2 Å². The number of aromatic hydroxyl groups is 1. The molecule has 6 nitrogen and oxygen atoms in total. The molecule has 1 aliphatic heterocycles. The van der Waals surface area contributed by atoms with Gasteiger partial charge in [0.1, 0.15) is 5.75 Å². The summed E-state index contributed by atoms with van der Waals surface area (Å²) in [5.74, 6) is -0.828. The average molecular weight is 547 g/mol. The molecule has 0 unspecified atom stereocenters. The highest BCUT2D eigenvalue weighted by Crippen LogP contribution is 2.51. The highest BCUT2D eigenvalue weighted by atomic mass is 16.5. The number of carbonyl (C=O) groups excluding carboxylic acids is 2. The molecule has 208 valence electrons. The maximum Gasteiger partial charge on any atom is 0.455 e. The topological polar surface area (TPSA) is 96.7 Å². The quantitative estimate of drug-likeness (QED) is 0.262. The number of Topliss-reactive ketones (excluding diaryl/α,β-unsaturated/α-hetero) is 2. The maximum atomic E-state index is 13.9. The first-order valence-electron chi connectivity index (χ1n) is 14.6. The van der Waals surface area contributed by atoms with E-state index >= 15 is 0 Å². The number of allylic oxidation sites excluding steroid dienone is 2. The maximum absolute atomic E-state index is 13.9. The summed E-state index contributed by atoms with van der Waals surface area (Å²) >= 11 is 0. The van der Waals surface area contributed by atoms with Crippen LogP contribution in [0.25, 0.3) is 11.6 Å². The highest BCUT2D eigenvalue weighted by molar-refractivity contribution is 6.43. The second-order valence-corrected chi connectivity index (χ2v) is 11.4. The Morgan fingerprint density at radius 3 is 2.44 bits per heavy atom. The van der Waals surface area contributed by atoms with Crippen molar-refractivity contribution < 1.29 is 24.4 Å². The van der Waals surface area contributed by atoms with Crippen LogP contribution in [0.1, 0.15) is 71.0 Å². The van der Waals surface area contributed by atoms with Crippen molar-refractivity contribution in [2.45, 2.75) is 51.5 Å². The molecule has 0 spiro atoms.